The largest absolute Gasteiger partial charge is 0.444 e. The number of rotatable bonds is 4. The molecule has 7 heteroatoms. The normalized spacial score (nSPS) is 20.3. The molecule has 0 radical (unpaired) electrons. The van der Waals surface area contributed by atoms with E-state index >= 15 is 0 Å². The molecule has 2 rings (SSSR count). The van der Waals surface area contributed by atoms with Gasteiger partial charge >= 0.3 is 6.09 Å². The first-order valence-corrected chi connectivity index (χ1v) is 8.53. The number of aliphatic hydroxyl groups is 1. The van der Waals surface area contributed by atoms with Gasteiger partial charge in [0, 0.05) is 23.9 Å². The second kappa shape index (κ2) is 7.76. The van der Waals surface area contributed by atoms with Gasteiger partial charge in [-0.2, -0.15) is 0 Å². The van der Waals surface area contributed by atoms with Gasteiger partial charge in [0.2, 0.25) is 0 Å². The molecule has 1 saturated heterocycles. The van der Waals surface area contributed by atoms with Crippen LogP contribution in [0.4, 0.5) is 4.79 Å². The van der Waals surface area contributed by atoms with Crippen molar-refractivity contribution in [2.24, 2.45) is 11.0 Å². The number of nitrogens with zero attached hydrogens (tertiary/aromatic N) is 4. The van der Waals surface area contributed by atoms with Crippen LogP contribution in [0.3, 0.4) is 0 Å². The van der Waals surface area contributed by atoms with Gasteiger partial charge in [-0.25, -0.2) is 4.79 Å². The molecule has 1 aliphatic heterocycles. The first-order chi connectivity index (χ1) is 11.8. The molecule has 7 nitrogen and oxygen atoms in total. The summed E-state index contributed by atoms with van der Waals surface area (Å²) in [7, 11) is 0. The molecule has 0 aliphatic carbocycles. The minimum Gasteiger partial charge on any atom is -0.444 e. The highest BCUT2D eigenvalue weighted by Crippen LogP contribution is 2.36. The minimum absolute atomic E-state index is 0.0691. The van der Waals surface area contributed by atoms with E-state index in [1.807, 2.05) is 51.1 Å². The Morgan fingerprint density at radius 2 is 2.08 bits per heavy atom. The summed E-state index contributed by atoms with van der Waals surface area (Å²) in [5.74, 6) is -0.235. The van der Waals surface area contributed by atoms with E-state index < -0.39 is 11.2 Å². The molecule has 1 aliphatic rings. The van der Waals surface area contributed by atoms with Gasteiger partial charge in [0.15, 0.2) is 0 Å². The van der Waals surface area contributed by atoms with Gasteiger partial charge in [0.1, 0.15) is 5.60 Å². The van der Waals surface area contributed by atoms with Gasteiger partial charge in [-0.1, -0.05) is 35.4 Å². The quantitative estimate of drug-likeness (QED) is 0.509. The molecule has 136 valence electrons. The summed E-state index contributed by atoms with van der Waals surface area (Å²) in [6, 6.07) is 9.18. The first kappa shape index (κ1) is 19.1. The molecule has 1 N–H and O–H groups in total. The van der Waals surface area contributed by atoms with E-state index in [4.69, 9.17) is 10.3 Å². The molecule has 1 heterocycles. The van der Waals surface area contributed by atoms with Crippen LogP contribution in [0.5, 0.6) is 0 Å². The Balaban J connectivity index is 2.23. The minimum atomic E-state index is -1.31. The Labute approximate surface area is 148 Å². The van der Waals surface area contributed by atoms with Crippen molar-refractivity contribution in [1.29, 1.82) is 0 Å². The topological polar surface area (TPSA) is 98.5 Å². The van der Waals surface area contributed by atoms with Gasteiger partial charge in [-0.15, -0.1) is 0 Å². The Bertz CT molecular complexity index is 637. The van der Waals surface area contributed by atoms with Crippen molar-refractivity contribution in [3.8, 4) is 0 Å². The third kappa shape index (κ3) is 4.87. The number of hydrogen-bond donors (Lipinski definition) is 1. The summed E-state index contributed by atoms with van der Waals surface area (Å²) >= 11 is 0. The number of piperidine rings is 1. The smallest absolute Gasteiger partial charge is 0.410 e. The summed E-state index contributed by atoms with van der Waals surface area (Å²) in [5, 5.41) is 14.9. The Kier molecular flexibility index (Phi) is 5.93. The highest BCUT2D eigenvalue weighted by atomic mass is 16.6. The third-order valence-corrected chi connectivity index (χ3v) is 4.40. The van der Waals surface area contributed by atoms with E-state index in [2.05, 4.69) is 10.0 Å². The summed E-state index contributed by atoms with van der Waals surface area (Å²) in [6.45, 7) is 6.37. The van der Waals surface area contributed by atoms with Gasteiger partial charge in [0.05, 0.1) is 12.1 Å². The third-order valence-electron chi connectivity index (χ3n) is 4.40. The molecule has 2 unspecified atom stereocenters. The molecular weight excluding hydrogens is 320 g/mol. The molecule has 25 heavy (non-hydrogen) atoms. The summed E-state index contributed by atoms with van der Waals surface area (Å²) < 4.78 is 5.45. The van der Waals surface area contributed by atoms with Crippen LogP contribution in [0.15, 0.2) is 35.4 Å². The Morgan fingerprint density at radius 3 is 2.68 bits per heavy atom. The van der Waals surface area contributed by atoms with Crippen LogP contribution in [0.2, 0.25) is 0 Å². The number of benzene rings is 1. The van der Waals surface area contributed by atoms with Crippen molar-refractivity contribution in [2.45, 2.75) is 44.8 Å². The predicted molar refractivity (Wildman–Crippen MR) is 94.9 cm³/mol. The molecule has 0 saturated carbocycles. The van der Waals surface area contributed by atoms with Crippen molar-refractivity contribution in [1.82, 2.24) is 4.90 Å². The fourth-order valence-corrected chi connectivity index (χ4v) is 3.18. The Hall–Kier alpha value is -2.24. The summed E-state index contributed by atoms with van der Waals surface area (Å²) in [4.78, 5) is 16.8. The van der Waals surface area contributed by atoms with E-state index in [1.54, 1.807) is 4.90 Å². The SMILES string of the molecule is CC(C)(C)OC(=O)N1CCCC(C(O)(CN=[N+]=[N-])c2ccccc2)C1. The zero-order valence-electron chi connectivity index (χ0n) is 15.1. The zero-order chi connectivity index (χ0) is 18.5. The lowest BCUT2D eigenvalue weighted by molar-refractivity contribution is -0.0501. The van der Waals surface area contributed by atoms with Crippen LogP contribution in [-0.4, -0.2) is 41.3 Å². The van der Waals surface area contributed by atoms with E-state index in [9.17, 15) is 9.90 Å². The van der Waals surface area contributed by atoms with Crippen LogP contribution in [0.25, 0.3) is 10.4 Å². The van der Waals surface area contributed by atoms with Crippen molar-refractivity contribution in [3.05, 3.63) is 46.3 Å². The molecule has 1 fully saturated rings. The summed E-state index contributed by atoms with van der Waals surface area (Å²) in [5.41, 5.74) is 7.52. The highest BCUT2D eigenvalue weighted by molar-refractivity contribution is 5.68. The fraction of sp³-hybridized carbons (Fsp3) is 0.611. The lowest BCUT2D eigenvalue weighted by Gasteiger charge is -2.42. The molecule has 0 bridgehead atoms. The number of amides is 1. The molecule has 1 aromatic carbocycles. The number of carbonyl (C=O) groups excluding carboxylic acids is 1. The standard InChI is InChI=1S/C18H26N4O3/c1-17(2,3)25-16(23)22-11-7-10-15(12-22)18(24,13-20-21-19)14-8-5-4-6-9-14/h4-6,8-9,15,24H,7,10-13H2,1-3H3. The number of carbonyl (C=O) groups is 1. The first-order valence-electron chi connectivity index (χ1n) is 8.53. The maximum Gasteiger partial charge on any atom is 0.410 e. The van der Waals surface area contributed by atoms with E-state index in [0.717, 1.165) is 12.8 Å². The highest BCUT2D eigenvalue weighted by Gasteiger charge is 2.41. The molecule has 1 amide bonds. The Morgan fingerprint density at radius 1 is 1.40 bits per heavy atom. The van der Waals surface area contributed by atoms with Crippen LogP contribution in [0, 0.1) is 5.92 Å². The molecule has 2 atom stereocenters. The van der Waals surface area contributed by atoms with Crippen molar-refractivity contribution in [2.75, 3.05) is 19.6 Å². The van der Waals surface area contributed by atoms with Gasteiger partial charge in [-0.05, 0) is 44.7 Å². The monoisotopic (exact) mass is 346 g/mol. The molecular formula is C18H26N4O3. The fourth-order valence-electron chi connectivity index (χ4n) is 3.18. The van der Waals surface area contributed by atoms with Gasteiger partial charge in [0.25, 0.3) is 0 Å². The number of ether oxygens (including phenoxy) is 1. The van der Waals surface area contributed by atoms with E-state index in [0.29, 0.717) is 18.7 Å². The number of azide groups is 1. The van der Waals surface area contributed by atoms with Crippen molar-refractivity contribution < 1.29 is 14.6 Å². The van der Waals surface area contributed by atoms with Crippen LogP contribution >= 0.6 is 0 Å². The average molecular weight is 346 g/mol. The van der Waals surface area contributed by atoms with Crippen LogP contribution < -0.4 is 0 Å². The van der Waals surface area contributed by atoms with Gasteiger partial charge in [-0.3, -0.25) is 0 Å². The predicted octanol–water partition coefficient (Wildman–Crippen LogP) is 3.83. The maximum absolute atomic E-state index is 12.4. The lowest BCUT2D eigenvalue weighted by atomic mass is 9.77. The number of hydrogen-bond acceptors (Lipinski definition) is 4. The maximum atomic E-state index is 12.4. The summed E-state index contributed by atoms with van der Waals surface area (Å²) in [6.07, 6.45) is 1.12. The molecule has 1 aromatic rings. The van der Waals surface area contributed by atoms with Crippen LogP contribution in [0.1, 0.15) is 39.2 Å². The average Bonchev–Trinajstić information content (AvgIpc) is 2.59. The van der Waals surface area contributed by atoms with Crippen molar-refractivity contribution in [3.63, 3.8) is 0 Å². The van der Waals surface area contributed by atoms with Crippen molar-refractivity contribution >= 4 is 6.09 Å². The van der Waals surface area contributed by atoms with Crippen LogP contribution in [-0.2, 0) is 10.3 Å². The van der Waals surface area contributed by atoms with E-state index in [1.165, 1.54) is 0 Å². The lowest BCUT2D eigenvalue weighted by Crippen LogP contribution is -2.50. The molecule has 0 spiro atoms. The zero-order valence-corrected chi connectivity index (χ0v) is 15.1. The second-order valence-electron chi connectivity index (χ2n) is 7.44. The number of likely N-dealkylation sites (tertiary alicyclic amines) is 1. The molecule has 0 aromatic heterocycles. The van der Waals surface area contributed by atoms with Gasteiger partial charge < -0.3 is 14.7 Å². The second-order valence-corrected chi connectivity index (χ2v) is 7.44. The van der Waals surface area contributed by atoms with E-state index in [-0.39, 0.29) is 18.6 Å².